The van der Waals surface area contributed by atoms with E-state index in [2.05, 4.69) is 10.3 Å². The van der Waals surface area contributed by atoms with Crippen LogP contribution in [-0.4, -0.2) is 35.3 Å². The molecule has 0 bridgehead atoms. The third-order valence-corrected chi connectivity index (χ3v) is 6.71. The van der Waals surface area contributed by atoms with Crippen LogP contribution in [0.1, 0.15) is 22.8 Å². The highest BCUT2D eigenvalue weighted by Crippen LogP contribution is 2.48. The van der Waals surface area contributed by atoms with Gasteiger partial charge in [-0.25, -0.2) is 4.39 Å². The van der Waals surface area contributed by atoms with Crippen LogP contribution in [0, 0.1) is 12.7 Å². The molecule has 0 atom stereocenters. The fourth-order valence-corrected chi connectivity index (χ4v) is 4.75. The van der Waals surface area contributed by atoms with Crippen LogP contribution in [0.15, 0.2) is 83.9 Å². The van der Waals surface area contributed by atoms with Gasteiger partial charge in [-0.1, -0.05) is 0 Å². The van der Waals surface area contributed by atoms with Crippen molar-refractivity contribution in [2.75, 3.05) is 25.1 Å². The maximum absolute atomic E-state index is 13.3. The van der Waals surface area contributed by atoms with E-state index >= 15 is 0 Å². The van der Waals surface area contributed by atoms with Crippen molar-refractivity contribution in [3.05, 3.63) is 106 Å². The standard InChI is InChI=1S/C32H26FN3O6/c1-3-39-27-18-25-28(30-29(27)40-15-16-41-30)26(12-13-34-25)42-22-10-11-24(19(2)17-22)35-31(37)23-5-4-14-36(32(23)38)21-8-6-20(33)7-9-21/h4-14,17-18H,3,15-16H2,1-2H3,(H,35,37). The molecule has 42 heavy (non-hydrogen) atoms. The van der Waals surface area contributed by atoms with Gasteiger partial charge in [0.1, 0.15) is 36.1 Å². The van der Waals surface area contributed by atoms with Crippen molar-refractivity contribution in [2.45, 2.75) is 13.8 Å². The molecule has 0 fully saturated rings. The first kappa shape index (κ1) is 26.8. The average molecular weight is 568 g/mol. The Morgan fingerprint density at radius 2 is 1.81 bits per heavy atom. The monoisotopic (exact) mass is 567 g/mol. The number of amides is 1. The minimum absolute atomic E-state index is 0.0526. The molecule has 0 saturated carbocycles. The zero-order valence-corrected chi connectivity index (χ0v) is 22.8. The maximum atomic E-state index is 13.3. The lowest BCUT2D eigenvalue weighted by molar-refractivity contribution is 0.102. The lowest BCUT2D eigenvalue weighted by Gasteiger charge is -2.23. The van der Waals surface area contributed by atoms with Crippen molar-refractivity contribution in [2.24, 2.45) is 0 Å². The van der Waals surface area contributed by atoms with Crippen molar-refractivity contribution in [3.63, 3.8) is 0 Å². The first-order valence-electron chi connectivity index (χ1n) is 13.3. The second kappa shape index (κ2) is 11.2. The van der Waals surface area contributed by atoms with Crippen LogP contribution in [0.3, 0.4) is 0 Å². The summed E-state index contributed by atoms with van der Waals surface area (Å²) in [7, 11) is 0. The van der Waals surface area contributed by atoms with Gasteiger partial charge in [0.2, 0.25) is 5.75 Å². The molecule has 0 radical (unpaired) electrons. The van der Waals surface area contributed by atoms with Gasteiger partial charge in [-0.3, -0.25) is 19.1 Å². The van der Waals surface area contributed by atoms with Crippen LogP contribution in [-0.2, 0) is 0 Å². The lowest BCUT2D eigenvalue weighted by atomic mass is 10.1. The second-order valence-corrected chi connectivity index (χ2v) is 9.47. The molecule has 1 N–H and O–H groups in total. The van der Waals surface area contributed by atoms with Gasteiger partial charge in [0, 0.05) is 29.8 Å². The van der Waals surface area contributed by atoms with Crippen molar-refractivity contribution in [1.82, 2.24) is 9.55 Å². The molecular formula is C32H26FN3O6. The summed E-state index contributed by atoms with van der Waals surface area (Å²) in [4.78, 5) is 30.6. The summed E-state index contributed by atoms with van der Waals surface area (Å²) in [5.74, 6) is 1.65. The van der Waals surface area contributed by atoms with Crippen LogP contribution in [0.4, 0.5) is 10.1 Å². The smallest absolute Gasteiger partial charge is 0.267 e. The van der Waals surface area contributed by atoms with E-state index in [0.717, 1.165) is 0 Å². The molecule has 5 aromatic rings. The first-order chi connectivity index (χ1) is 20.4. The Labute approximate surface area is 240 Å². The zero-order valence-electron chi connectivity index (χ0n) is 22.8. The van der Waals surface area contributed by atoms with Crippen LogP contribution in [0.5, 0.6) is 28.7 Å². The molecule has 10 heteroatoms. The van der Waals surface area contributed by atoms with Crippen LogP contribution in [0.25, 0.3) is 16.6 Å². The molecule has 0 spiro atoms. The number of halogens is 1. The number of aromatic nitrogens is 2. The van der Waals surface area contributed by atoms with Gasteiger partial charge >= 0.3 is 0 Å². The highest BCUT2D eigenvalue weighted by atomic mass is 19.1. The fourth-order valence-electron chi connectivity index (χ4n) is 4.75. The van der Waals surface area contributed by atoms with E-state index in [4.69, 9.17) is 18.9 Å². The van der Waals surface area contributed by atoms with E-state index in [1.54, 1.807) is 42.6 Å². The number of benzene rings is 3. The van der Waals surface area contributed by atoms with Crippen LogP contribution in [0.2, 0.25) is 0 Å². The number of nitrogens with zero attached hydrogens (tertiary/aromatic N) is 2. The minimum Gasteiger partial charge on any atom is -0.490 e. The number of carbonyl (C=O) groups is 1. The van der Waals surface area contributed by atoms with Gasteiger partial charge in [-0.15, -0.1) is 0 Å². The Morgan fingerprint density at radius 1 is 1.02 bits per heavy atom. The summed E-state index contributed by atoms with van der Waals surface area (Å²) in [5, 5.41) is 3.47. The topological polar surface area (TPSA) is 101 Å². The predicted octanol–water partition coefficient (Wildman–Crippen LogP) is 6.05. The molecule has 3 aromatic carbocycles. The molecule has 0 unspecified atom stereocenters. The molecule has 212 valence electrons. The number of carbonyl (C=O) groups excluding carboxylic acids is 1. The van der Waals surface area contributed by atoms with Gasteiger partial charge in [0.05, 0.1) is 17.5 Å². The molecule has 6 rings (SSSR count). The molecule has 9 nitrogen and oxygen atoms in total. The van der Waals surface area contributed by atoms with E-state index in [1.807, 2.05) is 13.8 Å². The molecule has 0 aliphatic carbocycles. The number of fused-ring (bicyclic) bond motifs is 3. The number of hydrogen-bond acceptors (Lipinski definition) is 7. The van der Waals surface area contributed by atoms with Crippen molar-refractivity contribution < 1.29 is 28.1 Å². The Bertz CT molecular complexity index is 1870. The van der Waals surface area contributed by atoms with Gasteiger partial charge in [-0.05, 0) is 80.1 Å². The number of anilines is 1. The molecule has 0 saturated heterocycles. The van der Waals surface area contributed by atoms with Gasteiger partial charge in [0.15, 0.2) is 11.5 Å². The van der Waals surface area contributed by atoms with Crippen LogP contribution < -0.4 is 29.8 Å². The van der Waals surface area contributed by atoms with Crippen LogP contribution >= 0.6 is 0 Å². The number of rotatable bonds is 7. The fraction of sp³-hybridized carbons (Fsp3) is 0.156. The Morgan fingerprint density at radius 3 is 2.57 bits per heavy atom. The van der Waals surface area contributed by atoms with Gasteiger partial charge in [0.25, 0.3) is 11.5 Å². The van der Waals surface area contributed by atoms with Gasteiger partial charge in [-0.2, -0.15) is 0 Å². The van der Waals surface area contributed by atoms with Crippen molar-refractivity contribution in [1.29, 1.82) is 0 Å². The third kappa shape index (κ3) is 5.10. The number of hydrogen-bond donors (Lipinski definition) is 1. The molecular weight excluding hydrogens is 541 g/mol. The summed E-state index contributed by atoms with van der Waals surface area (Å²) >= 11 is 0. The normalized spacial score (nSPS) is 12.2. The summed E-state index contributed by atoms with van der Waals surface area (Å²) in [6.07, 6.45) is 3.17. The zero-order chi connectivity index (χ0) is 29.2. The highest BCUT2D eigenvalue weighted by Gasteiger charge is 2.24. The largest absolute Gasteiger partial charge is 0.490 e. The molecule has 2 aromatic heterocycles. The van der Waals surface area contributed by atoms with Gasteiger partial charge < -0.3 is 24.3 Å². The second-order valence-electron chi connectivity index (χ2n) is 9.47. The number of ether oxygens (including phenoxy) is 4. The molecule has 1 amide bonds. The SMILES string of the molecule is CCOc1cc2nccc(Oc3ccc(NC(=O)c4cccn(-c5ccc(F)cc5)c4=O)c(C)c3)c2c2c1OCCO2. The average Bonchev–Trinajstić information content (AvgIpc) is 2.99. The Hall–Kier alpha value is -5.38. The van der Waals surface area contributed by atoms with E-state index in [-0.39, 0.29) is 5.56 Å². The maximum Gasteiger partial charge on any atom is 0.267 e. The quantitative estimate of drug-likeness (QED) is 0.256. The summed E-state index contributed by atoms with van der Waals surface area (Å²) in [5.41, 5.74) is 1.74. The first-order valence-corrected chi connectivity index (χ1v) is 13.3. The molecule has 3 heterocycles. The molecule has 1 aliphatic rings. The minimum atomic E-state index is -0.567. The van der Waals surface area contributed by atoms with E-state index in [9.17, 15) is 14.0 Å². The summed E-state index contributed by atoms with van der Waals surface area (Å²) in [6, 6.07) is 17.2. The van der Waals surface area contributed by atoms with E-state index in [1.165, 1.54) is 41.1 Å². The lowest BCUT2D eigenvalue weighted by Crippen LogP contribution is -2.28. The van der Waals surface area contributed by atoms with E-state index in [0.29, 0.717) is 76.4 Å². The third-order valence-electron chi connectivity index (χ3n) is 6.71. The van der Waals surface area contributed by atoms with E-state index < -0.39 is 17.3 Å². The number of aryl methyl sites for hydroxylation is 1. The summed E-state index contributed by atoms with van der Waals surface area (Å²) in [6.45, 7) is 4.97. The highest BCUT2D eigenvalue weighted by molar-refractivity contribution is 6.04. The van der Waals surface area contributed by atoms with Crippen molar-refractivity contribution >= 4 is 22.5 Å². The molecule has 1 aliphatic heterocycles. The number of nitrogens with one attached hydrogen (secondary N) is 1. The number of pyridine rings is 2. The summed E-state index contributed by atoms with van der Waals surface area (Å²) < 4.78 is 38.5. The Kier molecular flexibility index (Phi) is 7.18. The predicted molar refractivity (Wildman–Crippen MR) is 155 cm³/mol. The van der Waals surface area contributed by atoms with Crippen molar-refractivity contribution in [3.8, 4) is 34.4 Å². The Balaban J connectivity index is 1.26.